The highest BCUT2D eigenvalue weighted by Crippen LogP contribution is 2.17. The molecule has 1 aromatic rings. The molecule has 84 valence electrons. The Balaban J connectivity index is 2.59. The summed E-state index contributed by atoms with van der Waals surface area (Å²) >= 11 is 0. The molecule has 1 rings (SSSR count). The van der Waals surface area contributed by atoms with E-state index in [9.17, 15) is 0 Å². The van der Waals surface area contributed by atoms with Gasteiger partial charge in [0.15, 0.2) is 0 Å². The molecule has 0 aromatic carbocycles. The zero-order valence-electron chi connectivity index (χ0n) is 9.33. The maximum Gasteiger partial charge on any atom is 0.149 e. The number of pyridine rings is 1. The molecular weight excluding hydrogens is 190 g/mol. The molecule has 0 saturated carbocycles. The van der Waals surface area contributed by atoms with Gasteiger partial charge >= 0.3 is 0 Å². The second kappa shape index (κ2) is 5.56. The Hall–Kier alpha value is -1.29. The van der Waals surface area contributed by atoms with Gasteiger partial charge < -0.3 is 16.2 Å². The zero-order chi connectivity index (χ0) is 11.3. The van der Waals surface area contributed by atoms with Crippen molar-refractivity contribution in [2.24, 2.45) is 0 Å². The van der Waals surface area contributed by atoms with E-state index < -0.39 is 0 Å². The minimum Gasteiger partial charge on any atom is -0.396 e. The van der Waals surface area contributed by atoms with Gasteiger partial charge in [0.1, 0.15) is 5.82 Å². The third kappa shape index (κ3) is 3.75. The molecule has 1 aromatic heterocycles. The van der Waals surface area contributed by atoms with Crippen molar-refractivity contribution < 1.29 is 5.11 Å². The molecule has 4 heteroatoms. The van der Waals surface area contributed by atoms with Gasteiger partial charge in [0.25, 0.3) is 0 Å². The molecule has 15 heavy (non-hydrogen) atoms. The standard InChI is InChI=1S/C11H19N3O/c1-8(4-3-7-15)13-11-10(12)6-5-9(2)14-11/h5-6,8,15H,3-4,7,12H2,1-2H3,(H,13,14). The minimum atomic E-state index is 0.225. The van der Waals surface area contributed by atoms with Gasteiger partial charge in [-0.1, -0.05) is 0 Å². The predicted octanol–water partition coefficient (Wildman–Crippen LogP) is 1.55. The maximum absolute atomic E-state index is 8.71. The first-order valence-corrected chi connectivity index (χ1v) is 5.24. The third-order valence-electron chi connectivity index (χ3n) is 2.24. The van der Waals surface area contributed by atoms with E-state index in [1.807, 2.05) is 19.1 Å². The Morgan fingerprint density at radius 2 is 2.27 bits per heavy atom. The average Bonchev–Trinajstić information content (AvgIpc) is 2.20. The molecule has 0 radical (unpaired) electrons. The van der Waals surface area contributed by atoms with Gasteiger partial charge in [-0.15, -0.1) is 0 Å². The topological polar surface area (TPSA) is 71.2 Å². The van der Waals surface area contributed by atoms with Crippen LogP contribution in [0.15, 0.2) is 12.1 Å². The maximum atomic E-state index is 8.71. The lowest BCUT2D eigenvalue weighted by atomic mass is 10.2. The number of nitrogens with two attached hydrogens (primary N) is 1. The van der Waals surface area contributed by atoms with E-state index in [2.05, 4.69) is 17.2 Å². The van der Waals surface area contributed by atoms with E-state index in [4.69, 9.17) is 10.8 Å². The predicted molar refractivity (Wildman–Crippen MR) is 62.8 cm³/mol. The Bertz CT molecular complexity index is 315. The first kappa shape index (κ1) is 11.8. The van der Waals surface area contributed by atoms with Gasteiger partial charge in [-0.3, -0.25) is 0 Å². The van der Waals surface area contributed by atoms with E-state index in [0.29, 0.717) is 5.69 Å². The number of nitrogens with one attached hydrogen (secondary N) is 1. The van der Waals surface area contributed by atoms with Crippen LogP contribution < -0.4 is 11.1 Å². The number of aryl methyl sites for hydroxylation is 1. The summed E-state index contributed by atoms with van der Waals surface area (Å²) in [7, 11) is 0. The van der Waals surface area contributed by atoms with Gasteiger partial charge in [-0.2, -0.15) is 0 Å². The smallest absolute Gasteiger partial charge is 0.149 e. The number of anilines is 2. The van der Waals surface area contributed by atoms with Crippen LogP contribution in [0.1, 0.15) is 25.5 Å². The van der Waals surface area contributed by atoms with Crippen molar-refractivity contribution in [1.29, 1.82) is 0 Å². The molecule has 0 aliphatic carbocycles. The fourth-order valence-corrected chi connectivity index (χ4v) is 1.39. The fourth-order valence-electron chi connectivity index (χ4n) is 1.39. The van der Waals surface area contributed by atoms with Crippen LogP contribution in [-0.2, 0) is 0 Å². The number of hydrogen-bond donors (Lipinski definition) is 3. The largest absolute Gasteiger partial charge is 0.396 e. The lowest BCUT2D eigenvalue weighted by Crippen LogP contribution is -2.17. The van der Waals surface area contributed by atoms with E-state index >= 15 is 0 Å². The molecule has 0 aliphatic heterocycles. The van der Waals surface area contributed by atoms with Crippen LogP contribution in [0.3, 0.4) is 0 Å². The highest BCUT2D eigenvalue weighted by molar-refractivity contribution is 5.61. The number of nitrogen functional groups attached to an aromatic ring is 1. The van der Waals surface area contributed by atoms with Gasteiger partial charge in [0, 0.05) is 18.3 Å². The summed E-state index contributed by atoms with van der Waals surface area (Å²) in [6, 6.07) is 4.01. The Morgan fingerprint density at radius 1 is 1.53 bits per heavy atom. The molecule has 1 heterocycles. The summed E-state index contributed by atoms with van der Waals surface area (Å²) in [6.45, 7) is 4.21. The van der Waals surface area contributed by atoms with Crippen LogP contribution in [0.2, 0.25) is 0 Å². The van der Waals surface area contributed by atoms with Crippen LogP contribution in [0.4, 0.5) is 11.5 Å². The summed E-state index contributed by atoms with van der Waals surface area (Å²) in [6.07, 6.45) is 1.70. The summed E-state index contributed by atoms with van der Waals surface area (Å²) in [5, 5.41) is 12.0. The van der Waals surface area contributed by atoms with Crippen molar-refractivity contribution >= 4 is 11.5 Å². The Kier molecular flexibility index (Phi) is 4.37. The van der Waals surface area contributed by atoms with Crippen LogP contribution in [0.5, 0.6) is 0 Å². The number of aliphatic hydroxyl groups excluding tert-OH is 1. The van der Waals surface area contributed by atoms with Crippen molar-refractivity contribution in [3.8, 4) is 0 Å². The first-order valence-electron chi connectivity index (χ1n) is 5.24. The van der Waals surface area contributed by atoms with Crippen molar-refractivity contribution in [2.75, 3.05) is 17.7 Å². The van der Waals surface area contributed by atoms with Gasteiger partial charge in [-0.25, -0.2) is 4.98 Å². The van der Waals surface area contributed by atoms with Crippen molar-refractivity contribution in [3.63, 3.8) is 0 Å². The fraction of sp³-hybridized carbons (Fsp3) is 0.545. The van der Waals surface area contributed by atoms with Crippen LogP contribution >= 0.6 is 0 Å². The first-order chi connectivity index (χ1) is 7.13. The second-order valence-electron chi connectivity index (χ2n) is 3.80. The number of aliphatic hydroxyl groups is 1. The van der Waals surface area contributed by atoms with Crippen LogP contribution in [-0.4, -0.2) is 22.7 Å². The molecule has 0 spiro atoms. The average molecular weight is 209 g/mol. The minimum absolute atomic E-state index is 0.225. The zero-order valence-corrected chi connectivity index (χ0v) is 9.33. The number of aromatic nitrogens is 1. The molecule has 1 unspecified atom stereocenters. The van der Waals surface area contributed by atoms with Gasteiger partial charge in [0.2, 0.25) is 0 Å². The van der Waals surface area contributed by atoms with Gasteiger partial charge in [0.05, 0.1) is 5.69 Å². The van der Waals surface area contributed by atoms with Crippen LogP contribution in [0, 0.1) is 6.92 Å². The summed E-state index contributed by atoms with van der Waals surface area (Å²) in [5.41, 5.74) is 7.40. The normalized spacial score (nSPS) is 12.5. The lowest BCUT2D eigenvalue weighted by molar-refractivity contribution is 0.282. The summed E-state index contributed by atoms with van der Waals surface area (Å²) in [5.74, 6) is 0.737. The third-order valence-corrected chi connectivity index (χ3v) is 2.24. The van der Waals surface area contributed by atoms with E-state index in [1.54, 1.807) is 0 Å². The SMILES string of the molecule is Cc1ccc(N)c(NC(C)CCCO)n1. The molecule has 1 atom stereocenters. The van der Waals surface area contributed by atoms with E-state index in [1.165, 1.54) is 0 Å². The summed E-state index contributed by atoms with van der Waals surface area (Å²) in [4.78, 5) is 4.32. The number of nitrogens with zero attached hydrogens (tertiary/aromatic N) is 1. The molecule has 0 amide bonds. The van der Waals surface area contributed by atoms with Crippen molar-refractivity contribution in [1.82, 2.24) is 4.98 Å². The molecular formula is C11H19N3O. The van der Waals surface area contributed by atoms with Crippen molar-refractivity contribution in [3.05, 3.63) is 17.8 Å². The monoisotopic (exact) mass is 209 g/mol. The molecule has 4 nitrogen and oxygen atoms in total. The quantitative estimate of drug-likeness (QED) is 0.688. The Morgan fingerprint density at radius 3 is 2.93 bits per heavy atom. The van der Waals surface area contributed by atoms with Crippen LogP contribution in [0.25, 0.3) is 0 Å². The van der Waals surface area contributed by atoms with Crippen molar-refractivity contribution in [2.45, 2.75) is 32.7 Å². The van der Waals surface area contributed by atoms with E-state index in [0.717, 1.165) is 24.4 Å². The molecule has 0 aliphatic rings. The highest BCUT2D eigenvalue weighted by Gasteiger charge is 2.05. The molecule has 0 saturated heterocycles. The Labute approximate surface area is 90.5 Å². The second-order valence-corrected chi connectivity index (χ2v) is 3.80. The van der Waals surface area contributed by atoms with E-state index in [-0.39, 0.29) is 12.6 Å². The van der Waals surface area contributed by atoms with Gasteiger partial charge in [-0.05, 0) is 38.8 Å². The molecule has 4 N–H and O–H groups in total. The number of rotatable bonds is 5. The lowest BCUT2D eigenvalue weighted by Gasteiger charge is -2.15. The number of hydrogen-bond acceptors (Lipinski definition) is 4. The summed E-state index contributed by atoms with van der Waals surface area (Å²) < 4.78 is 0. The molecule has 0 fully saturated rings. The molecule has 0 bridgehead atoms. The highest BCUT2D eigenvalue weighted by atomic mass is 16.2.